The fraction of sp³-hybridized carbons (Fsp3) is 0.500. The average Bonchev–Trinajstić information content (AvgIpc) is 2.40. The predicted octanol–water partition coefficient (Wildman–Crippen LogP) is 4.27. The molecule has 0 aliphatic rings. The molecule has 0 aliphatic heterocycles. The van der Waals surface area contributed by atoms with E-state index in [1.165, 1.54) is 17.8 Å². The lowest BCUT2D eigenvalue weighted by Gasteiger charge is -2.18. The highest BCUT2D eigenvalue weighted by Crippen LogP contribution is 2.35. The summed E-state index contributed by atoms with van der Waals surface area (Å²) in [6.07, 6.45) is 1.23. The zero-order valence-corrected chi connectivity index (χ0v) is 13.4. The largest absolute Gasteiger partial charge is 0.462 e. The molecule has 0 fully saturated rings. The van der Waals surface area contributed by atoms with E-state index >= 15 is 0 Å². The Hall–Kier alpha value is -0.940. The van der Waals surface area contributed by atoms with Gasteiger partial charge in [0.2, 0.25) is 0 Å². The van der Waals surface area contributed by atoms with Crippen molar-refractivity contribution in [2.45, 2.75) is 49.9 Å². The maximum atomic E-state index is 13.2. The summed E-state index contributed by atoms with van der Waals surface area (Å²) in [6.45, 7) is 5.68. The fourth-order valence-electron chi connectivity index (χ4n) is 1.44. The molecule has 2 N–H and O–H groups in total. The third kappa shape index (κ3) is 4.56. The van der Waals surface area contributed by atoms with Crippen molar-refractivity contribution in [3.8, 4) is 0 Å². The first-order valence-electron chi connectivity index (χ1n) is 6.50. The predicted molar refractivity (Wildman–Crippen MR) is 81.6 cm³/mol. The molecule has 2 atom stereocenters. The summed E-state index contributed by atoms with van der Waals surface area (Å²) in [4.78, 5) is 12.6. The Balaban J connectivity index is 2.83. The highest BCUT2D eigenvalue weighted by molar-refractivity contribution is 8.00. The molecule has 0 aromatic heterocycles. The lowest BCUT2D eigenvalue weighted by molar-refractivity contribution is -0.147. The highest BCUT2D eigenvalue weighted by atomic mass is 35.5. The zero-order valence-electron chi connectivity index (χ0n) is 11.8. The van der Waals surface area contributed by atoms with Crippen molar-refractivity contribution in [2.75, 3.05) is 5.73 Å². The Morgan fingerprint density at radius 3 is 2.65 bits per heavy atom. The van der Waals surface area contributed by atoms with Crippen LogP contribution in [0.3, 0.4) is 0 Å². The van der Waals surface area contributed by atoms with E-state index in [9.17, 15) is 9.18 Å². The van der Waals surface area contributed by atoms with E-state index < -0.39 is 5.82 Å². The summed E-state index contributed by atoms with van der Waals surface area (Å²) in [5.74, 6) is -0.847. The molecule has 1 rings (SSSR count). The molecule has 2 unspecified atom stereocenters. The van der Waals surface area contributed by atoms with Gasteiger partial charge in [-0.25, -0.2) is 4.39 Å². The van der Waals surface area contributed by atoms with E-state index in [0.717, 1.165) is 12.5 Å². The van der Waals surface area contributed by atoms with Crippen LogP contribution in [0.15, 0.2) is 17.0 Å². The van der Waals surface area contributed by atoms with E-state index in [-0.39, 0.29) is 28.0 Å². The van der Waals surface area contributed by atoms with Crippen molar-refractivity contribution in [2.24, 2.45) is 0 Å². The van der Waals surface area contributed by atoms with Crippen LogP contribution in [0, 0.1) is 5.82 Å². The summed E-state index contributed by atoms with van der Waals surface area (Å²) in [6, 6.07) is 2.60. The van der Waals surface area contributed by atoms with Gasteiger partial charge in [-0.3, -0.25) is 4.79 Å². The van der Waals surface area contributed by atoms with Gasteiger partial charge < -0.3 is 10.5 Å². The number of ether oxygens (including phenoxy) is 1. The fourth-order valence-corrected chi connectivity index (χ4v) is 2.72. The van der Waals surface area contributed by atoms with Crippen LogP contribution in [0.4, 0.5) is 10.1 Å². The van der Waals surface area contributed by atoms with Crippen LogP contribution >= 0.6 is 23.4 Å². The molecule has 0 heterocycles. The molecule has 0 aliphatic carbocycles. The second-order valence-electron chi connectivity index (χ2n) is 4.47. The molecule has 0 radical (unpaired) electrons. The van der Waals surface area contributed by atoms with Crippen molar-refractivity contribution in [1.82, 2.24) is 0 Å². The van der Waals surface area contributed by atoms with Crippen LogP contribution in [0.25, 0.3) is 0 Å². The molecule has 0 saturated carbocycles. The molecule has 3 nitrogen and oxygen atoms in total. The van der Waals surface area contributed by atoms with Crippen molar-refractivity contribution in [3.63, 3.8) is 0 Å². The normalized spacial score (nSPS) is 13.8. The monoisotopic (exact) mass is 319 g/mol. The van der Waals surface area contributed by atoms with Crippen molar-refractivity contribution < 1.29 is 13.9 Å². The summed E-state index contributed by atoms with van der Waals surface area (Å²) in [5.41, 5.74) is 5.54. The Morgan fingerprint density at radius 2 is 2.10 bits per heavy atom. The number of nitrogen functional groups attached to an aromatic ring is 1. The van der Waals surface area contributed by atoms with Gasteiger partial charge in [-0.1, -0.05) is 25.4 Å². The van der Waals surface area contributed by atoms with Crippen LogP contribution in [0.2, 0.25) is 5.02 Å². The molecule has 1 aromatic carbocycles. The number of hydrogen-bond donors (Lipinski definition) is 1. The number of anilines is 1. The minimum absolute atomic E-state index is 0.0158. The van der Waals surface area contributed by atoms with E-state index in [2.05, 4.69) is 0 Å². The van der Waals surface area contributed by atoms with Crippen LogP contribution in [0.1, 0.15) is 33.6 Å². The Bertz CT molecular complexity index is 484. The van der Waals surface area contributed by atoms with Crippen molar-refractivity contribution in [3.05, 3.63) is 23.0 Å². The maximum Gasteiger partial charge on any atom is 0.319 e. The number of nitrogens with two attached hydrogens (primary N) is 1. The number of carbonyl (C=O) groups excluding carboxylic acids is 1. The van der Waals surface area contributed by atoms with Crippen LogP contribution in [0.5, 0.6) is 0 Å². The number of halogens is 2. The molecule has 0 amide bonds. The van der Waals surface area contributed by atoms with E-state index in [1.54, 1.807) is 0 Å². The third-order valence-corrected chi connectivity index (χ3v) is 4.67. The number of hydrogen-bond acceptors (Lipinski definition) is 4. The molecule has 0 bridgehead atoms. The second kappa shape index (κ2) is 7.74. The second-order valence-corrected chi connectivity index (χ2v) is 6.13. The van der Waals surface area contributed by atoms with Gasteiger partial charge in [0.1, 0.15) is 11.1 Å². The first-order valence-corrected chi connectivity index (χ1v) is 7.76. The molecular formula is C14H19ClFNO2S. The lowest BCUT2D eigenvalue weighted by Crippen LogP contribution is -2.23. The number of carbonyl (C=O) groups is 1. The van der Waals surface area contributed by atoms with Crippen LogP contribution in [-0.2, 0) is 9.53 Å². The molecule has 0 saturated heterocycles. The van der Waals surface area contributed by atoms with Gasteiger partial charge in [-0.15, -0.1) is 11.8 Å². The van der Waals surface area contributed by atoms with E-state index in [0.29, 0.717) is 11.3 Å². The van der Waals surface area contributed by atoms with Crippen molar-refractivity contribution >= 4 is 35.0 Å². The highest BCUT2D eigenvalue weighted by Gasteiger charge is 2.22. The lowest BCUT2D eigenvalue weighted by atomic mass is 10.3. The van der Waals surface area contributed by atoms with Gasteiger partial charge in [0.05, 0.1) is 16.8 Å². The maximum absolute atomic E-state index is 13.2. The van der Waals surface area contributed by atoms with Crippen LogP contribution < -0.4 is 5.73 Å². The first-order chi connectivity index (χ1) is 9.38. The van der Waals surface area contributed by atoms with Crippen LogP contribution in [-0.4, -0.2) is 17.3 Å². The minimum atomic E-state index is -0.561. The summed E-state index contributed by atoms with van der Waals surface area (Å²) in [7, 11) is 0. The molecular weight excluding hydrogens is 301 g/mol. The topological polar surface area (TPSA) is 52.3 Å². The molecule has 6 heteroatoms. The summed E-state index contributed by atoms with van der Waals surface area (Å²) < 4.78 is 18.6. The third-order valence-electron chi connectivity index (χ3n) is 2.85. The van der Waals surface area contributed by atoms with Gasteiger partial charge in [-0.2, -0.15) is 0 Å². The van der Waals surface area contributed by atoms with Gasteiger partial charge >= 0.3 is 5.97 Å². The SMILES string of the molecule is CCC(C)OC(=O)C(CC)Sc1cc(N)c(F)cc1Cl. The van der Waals surface area contributed by atoms with Gasteiger partial charge in [0, 0.05) is 4.90 Å². The van der Waals surface area contributed by atoms with E-state index in [4.69, 9.17) is 22.1 Å². The van der Waals surface area contributed by atoms with Gasteiger partial charge in [0.25, 0.3) is 0 Å². The molecule has 112 valence electrons. The minimum Gasteiger partial charge on any atom is -0.462 e. The number of esters is 1. The standard InChI is InChI=1S/C14H19ClFNO2S/c1-4-8(3)19-14(18)12(5-2)20-13-7-11(17)10(16)6-9(13)15/h6-8,12H,4-5,17H2,1-3H3. The molecule has 20 heavy (non-hydrogen) atoms. The Morgan fingerprint density at radius 1 is 1.45 bits per heavy atom. The molecule has 0 spiro atoms. The molecule has 1 aromatic rings. The smallest absolute Gasteiger partial charge is 0.319 e. The zero-order chi connectivity index (χ0) is 15.3. The Labute approximate surface area is 128 Å². The number of thioether (sulfide) groups is 1. The van der Waals surface area contributed by atoms with Gasteiger partial charge in [0.15, 0.2) is 0 Å². The Kier molecular flexibility index (Phi) is 6.62. The van der Waals surface area contributed by atoms with Crippen molar-refractivity contribution in [1.29, 1.82) is 0 Å². The average molecular weight is 320 g/mol. The first kappa shape index (κ1) is 17.1. The van der Waals surface area contributed by atoms with Gasteiger partial charge in [-0.05, 0) is 31.9 Å². The quantitative estimate of drug-likeness (QED) is 0.483. The summed E-state index contributed by atoms with van der Waals surface area (Å²) >= 11 is 7.22. The number of benzene rings is 1. The number of rotatable bonds is 6. The van der Waals surface area contributed by atoms with E-state index in [1.807, 2.05) is 20.8 Å². The summed E-state index contributed by atoms with van der Waals surface area (Å²) in [5, 5.41) is -0.136.